The third kappa shape index (κ3) is 1.77. The molecule has 6 heteroatoms. The zero-order chi connectivity index (χ0) is 19.9. The van der Waals surface area contributed by atoms with E-state index < -0.39 is 23.3 Å². The van der Waals surface area contributed by atoms with Crippen LogP contribution in [0.25, 0.3) is 0 Å². The first-order valence-electron chi connectivity index (χ1n) is 9.96. The number of ketones is 2. The van der Waals surface area contributed by atoms with Crippen LogP contribution in [-0.4, -0.2) is 46.4 Å². The SMILES string of the molecule is O=C1[C@H]2[C@@H](C(=O)N1c1ccccc1)C1(C(=O)c3ccccc3C1=O)N1CCC[C@@H]21. The third-order valence-electron chi connectivity index (χ3n) is 7.09. The van der Waals surface area contributed by atoms with Crippen molar-refractivity contribution in [1.82, 2.24) is 4.90 Å². The summed E-state index contributed by atoms with van der Waals surface area (Å²) < 4.78 is 0. The summed E-state index contributed by atoms with van der Waals surface area (Å²) in [4.78, 5) is 57.4. The molecule has 2 aromatic rings. The molecule has 3 aliphatic heterocycles. The third-order valence-corrected chi connectivity index (χ3v) is 7.09. The Bertz CT molecular complexity index is 1070. The zero-order valence-corrected chi connectivity index (χ0v) is 15.6. The van der Waals surface area contributed by atoms with E-state index >= 15 is 0 Å². The lowest BCUT2D eigenvalue weighted by atomic mass is 9.76. The van der Waals surface area contributed by atoms with Crippen LogP contribution in [0.3, 0.4) is 0 Å². The molecule has 0 saturated carbocycles. The van der Waals surface area contributed by atoms with E-state index in [1.807, 2.05) is 11.0 Å². The van der Waals surface area contributed by atoms with Gasteiger partial charge in [-0.05, 0) is 31.5 Å². The number of anilines is 1. The van der Waals surface area contributed by atoms with Crippen LogP contribution in [-0.2, 0) is 9.59 Å². The number of Topliss-reactive ketones (excluding diaryl/α,β-unsaturated/α-hetero) is 2. The Labute approximate surface area is 167 Å². The van der Waals surface area contributed by atoms with Gasteiger partial charge >= 0.3 is 0 Å². The highest BCUT2D eigenvalue weighted by Crippen LogP contribution is 2.57. The number of benzene rings is 2. The van der Waals surface area contributed by atoms with Crippen molar-refractivity contribution in [3.63, 3.8) is 0 Å². The lowest BCUT2D eigenvalue weighted by Gasteiger charge is -2.35. The van der Waals surface area contributed by atoms with Gasteiger partial charge in [0.05, 0.1) is 17.5 Å². The average molecular weight is 386 g/mol. The topological polar surface area (TPSA) is 74.8 Å². The highest BCUT2D eigenvalue weighted by molar-refractivity contribution is 6.37. The molecule has 2 amide bonds. The minimum Gasteiger partial charge on any atom is -0.291 e. The molecule has 3 fully saturated rings. The number of carbonyl (C=O) groups is 4. The van der Waals surface area contributed by atoms with E-state index in [4.69, 9.17) is 0 Å². The molecule has 0 unspecified atom stereocenters. The Morgan fingerprint density at radius 3 is 2.07 bits per heavy atom. The van der Waals surface area contributed by atoms with E-state index in [1.54, 1.807) is 48.5 Å². The van der Waals surface area contributed by atoms with Crippen LogP contribution < -0.4 is 4.90 Å². The van der Waals surface area contributed by atoms with E-state index in [-0.39, 0.29) is 23.5 Å². The summed E-state index contributed by atoms with van der Waals surface area (Å²) in [6.45, 7) is 0.551. The van der Waals surface area contributed by atoms with Gasteiger partial charge in [0, 0.05) is 17.2 Å². The molecular formula is C23H18N2O4. The van der Waals surface area contributed by atoms with Gasteiger partial charge in [-0.15, -0.1) is 0 Å². The molecule has 1 spiro atoms. The van der Waals surface area contributed by atoms with Crippen molar-refractivity contribution in [3.05, 3.63) is 65.7 Å². The smallest absolute Gasteiger partial charge is 0.240 e. The van der Waals surface area contributed by atoms with Gasteiger partial charge in [-0.25, -0.2) is 4.90 Å². The van der Waals surface area contributed by atoms with Crippen LogP contribution in [0.2, 0.25) is 0 Å². The molecular weight excluding hydrogens is 368 g/mol. The van der Waals surface area contributed by atoms with Crippen molar-refractivity contribution in [2.45, 2.75) is 24.4 Å². The van der Waals surface area contributed by atoms with Gasteiger partial charge in [0.25, 0.3) is 0 Å². The second-order valence-electron chi connectivity index (χ2n) is 8.22. The van der Waals surface area contributed by atoms with Gasteiger partial charge in [0.2, 0.25) is 11.8 Å². The first-order chi connectivity index (χ1) is 14.1. The molecule has 144 valence electrons. The van der Waals surface area contributed by atoms with Crippen molar-refractivity contribution < 1.29 is 19.2 Å². The van der Waals surface area contributed by atoms with Crippen LogP contribution in [0.4, 0.5) is 5.69 Å². The molecule has 2 aromatic carbocycles. The quantitative estimate of drug-likeness (QED) is 0.554. The van der Waals surface area contributed by atoms with E-state index in [1.165, 1.54) is 4.90 Å². The Hall–Kier alpha value is -3.12. The molecule has 6 nitrogen and oxygen atoms in total. The minimum absolute atomic E-state index is 0.257. The van der Waals surface area contributed by atoms with Gasteiger partial charge in [0.1, 0.15) is 0 Å². The van der Waals surface area contributed by atoms with Crippen LogP contribution >= 0.6 is 0 Å². The van der Waals surface area contributed by atoms with Gasteiger partial charge in [-0.1, -0.05) is 42.5 Å². The van der Waals surface area contributed by atoms with E-state index in [9.17, 15) is 19.2 Å². The number of hydrogen-bond acceptors (Lipinski definition) is 5. The predicted molar refractivity (Wildman–Crippen MR) is 103 cm³/mol. The summed E-state index contributed by atoms with van der Waals surface area (Å²) in [7, 11) is 0. The number of para-hydroxylation sites is 1. The second-order valence-corrected chi connectivity index (χ2v) is 8.22. The normalized spacial score (nSPS) is 29.7. The monoisotopic (exact) mass is 386 g/mol. The molecule has 3 atom stereocenters. The summed E-state index contributed by atoms with van der Waals surface area (Å²) in [5, 5.41) is 0. The fraction of sp³-hybridized carbons (Fsp3) is 0.304. The number of amides is 2. The predicted octanol–water partition coefficient (Wildman–Crippen LogP) is 2.09. The molecule has 0 radical (unpaired) electrons. The standard InChI is InChI=1S/C23H18N2O4/c26-19-14-9-4-5-10-15(14)20(27)23(19)18-17(16-11-6-12-24(16)23)21(28)25(22(18)29)13-7-2-1-3-8-13/h1-5,7-10,16-18H,6,11-12H2/t16-,17+,18-/m0/s1. The molecule has 0 aromatic heterocycles. The Kier molecular flexibility index (Phi) is 3.17. The van der Waals surface area contributed by atoms with Crippen molar-refractivity contribution in [2.75, 3.05) is 11.4 Å². The average Bonchev–Trinajstić information content (AvgIpc) is 3.43. The highest BCUT2D eigenvalue weighted by Gasteiger charge is 2.76. The van der Waals surface area contributed by atoms with Crippen LogP contribution in [0.1, 0.15) is 33.6 Å². The van der Waals surface area contributed by atoms with Crippen molar-refractivity contribution in [1.29, 1.82) is 0 Å². The Morgan fingerprint density at radius 2 is 1.41 bits per heavy atom. The van der Waals surface area contributed by atoms with Crippen molar-refractivity contribution in [3.8, 4) is 0 Å². The fourth-order valence-electron chi connectivity index (χ4n) is 6.07. The first kappa shape index (κ1) is 16.8. The van der Waals surface area contributed by atoms with Gasteiger partial charge in [-0.3, -0.25) is 24.1 Å². The Balaban J connectivity index is 1.56. The second kappa shape index (κ2) is 5.48. The molecule has 29 heavy (non-hydrogen) atoms. The molecule has 3 heterocycles. The number of carbonyl (C=O) groups excluding carboxylic acids is 4. The minimum atomic E-state index is -1.58. The Morgan fingerprint density at radius 1 is 0.793 bits per heavy atom. The number of hydrogen-bond donors (Lipinski definition) is 0. The maximum atomic E-state index is 13.7. The van der Waals surface area contributed by atoms with Gasteiger partial charge in [-0.2, -0.15) is 0 Å². The van der Waals surface area contributed by atoms with Gasteiger partial charge in [0.15, 0.2) is 17.1 Å². The molecule has 0 N–H and O–H groups in total. The zero-order valence-electron chi connectivity index (χ0n) is 15.6. The number of imide groups is 1. The lowest BCUT2D eigenvalue weighted by Crippen LogP contribution is -2.59. The summed E-state index contributed by atoms with van der Waals surface area (Å²) in [5.41, 5.74) is -0.359. The highest BCUT2D eigenvalue weighted by atomic mass is 16.2. The summed E-state index contributed by atoms with van der Waals surface area (Å²) in [5.74, 6) is -3.01. The van der Waals surface area contributed by atoms with Crippen LogP contribution in [0, 0.1) is 11.8 Å². The summed E-state index contributed by atoms with van der Waals surface area (Å²) in [6.07, 6.45) is 1.51. The van der Waals surface area contributed by atoms with Crippen LogP contribution in [0.5, 0.6) is 0 Å². The number of nitrogens with zero attached hydrogens (tertiary/aromatic N) is 2. The molecule has 1 aliphatic carbocycles. The number of rotatable bonds is 1. The van der Waals surface area contributed by atoms with E-state index in [0.29, 0.717) is 29.8 Å². The maximum Gasteiger partial charge on any atom is 0.240 e. The molecule has 3 saturated heterocycles. The fourth-order valence-corrected chi connectivity index (χ4v) is 6.07. The maximum absolute atomic E-state index is 13.7. The van der Waals surface area contributed by atoms with Crippen molar-refractivity contribution >= 4 is 29.1 Å². The molecule has 0 bridgehead atoms. The summed E-state index contributed by atoms with van der Waals surface area (Å²) in [6, 6.07) is 15.3. The van der Waals surface area contributed by atoms with E-state index in [0.717, 1.165) is 6.42 Å². The molecule has 4 aliphatic rings. The largest absolute Gasteiger partial charge is 0.291 e. The van der Waals surface area contributed by atoms with Crippen molar-refractivity contribution in [2.24, 2.45) is 11.8 Å². The lowest BCUT2D eigenvalue weighted by molar-refractivity contribution is -0.124. The van der Waals surface area contributed by atoms with Gasteiger partial charge < -0.3 is 0 Å². The summed E-state index contributed by atoms with van der Waals surface area (Å²) >= 11 is 0. The molecule has 6 rings (SSSR count). The first-order valence-corrected chi connectivity index (χ1v) is 9.96. The van der Waals surface area contributed by atoms with E-state index in [2.05, 4.69) is 0 Å². The number of fused-ring (bicyclic) bond motifs is 6. The van der Waals surface area contributed by atoms with Crippen LogP contribution in [0.15, 0.2) is 54.6 Å².